The minimum atomic E-state index is -0.409. The lowest BCUT2D eigenvalue weighted by molar-refractivity contribution is -0.118. The molecule has 1 fully saturated rings. The van der Waals surface area contributed by atoms with E-state index in [0.717, 1.165) is 34.3 Å². The number of rotatable bonds is 7. The molecule has 0 aliphatic carbocycles. The van der Waals surface area contributed by atoms with E-state index in [1.165, 1.54) is 0 Å². The summed E-state index contributed by atoms with van der Waals surface area (Å²) < 4.78 is 5.75. The van der Waals surface area contributed by atoms with Gasteiger partial charge in [-0.25, -0.2) is 4.98 Å². The third kappa shape index (κ3) is 4.52. The molecule has 0 saturated carbocycles. The van der Waals surface area contributed by atoms with Gasteiger partial charge in [0.25, 0.3) is 5.24 Å². The molecular formula is C23H20N2O4S. The summed E-state index contributed by atoms with van der Waals surface area (Å²) in [6, 6.07) is 16.9. The Labute approximate surface area is 178 Å². The van der Waals surface area contributed by atoms with Gasteiger partial charge in [0.2, 0.25) is 11.8 Å². The molecule has 0 unspecified atom stereocenters. The van der Waals surface area contributed by atoms with Crippen molar-refractivity contribution in [1.29, 1.82) is 0 Å². The second kappa shape index (κ2) is 8.67. The average molecular weight is 420 g/mol. The predicted molar refractivity (Wildman–Crippen MR) is 114 cm³/mol. The van der Waals surface area contributed by atoms with Crippen molar-refractivity contribution in [1.82, 2.24) is 10.3 Å². The van der Waals surface area contributed by atoms with E-state index in [1.54, 1.807) is 12.1 Å². The molecule has 0 radical (unpaired) electrons. The summed E-state index contributed by atoms with van der Waals surface area (Å²) in [6.45, 7) is 1.86. The standard InChI is InChI=1S/C23H20N2O4S/c1-14-18(24-22(29-14)17-5-3-2-4-6-17)11-12-19(26)16-9-7-15(8-10-16)13-20-21(27)25-23(28)30-20/h2-10,20H,11-13H2,1H3,(H,25,27,28)/t20-/m0/s1. The lowest BCUT2D eigenvalue weighted by Crippen LogP contribution is -2.25. The maximum Gasteiger partial charge on any atom is 0.286 e. The summed E-state index contributed by atoms with van der Waals surface area (Å²) in [7, 11) is 0. The van der Waals surface area contributed by atoms with Gasteiger partial charge >= 0.3 is 0 Å². The molecule has 2 amide bonds. The fraction of sp³-hybridized carbons (Fsp3) is 0.217. The first kappa shape index (κ1) is 20.1. The van der Waals surface area contributed by atoms with Gasteiger partial charge in [-0.15, -0.1) is 0 Å². The van der Waals surface area contributed by atoms with E-state index < -0.39 is 5.25 Å². The quantitative estimate of drug-likeness (QED) is 0.571. The van der Waals surface area contributed by atoms with Gasteiger partial charge in [-0.1, -0.05) is 54.2 Å². The molecule has 2 aromatic carbocycles. The first-order valence-corrected chi connectivity index (χ1v) is 10.5. The zero-order chi connectivity index (χ0) is 21.1. The lowest BCUT2D eigenvalue weighted by atomic mass is 10.0. The summed E-state index contributed by atoms with van der Waals surface area (Å²) in [5.41, 5.74) is 3.22. The maximum atomic E-state index is 12.6. The summed E-state index contributed by atoms with van der Waals surface area (Å²) in [4.78, 5) is 40.1. The van der Waals surface area contributed by atoms with Gasteiger partial charge < -0.3 is 4.42 Å². The molecule has 1 aromatic heterocycles. The predicted octanol–water partition coefficient (Wildman–Crippen LogP) is 4.36. The van der Waals surface area contributed by atoms with Crippen LogP contribution in [0.5, 0.6) is 0 Å². The highest BCUT2D eigenvalue weighted by molar-refractivity contribution is 8.15. The van der Waals surface area contributed by atoms with Crippen LogP contribution in [0, 0.1) is 6.92 Å². The number of aromatic nitrogens is 1. The number of oxazole rings is 1. The van der Waals surface area contributed by atoms with Gasteiger partial charge in [0.15, 0.2) is 5.78 Å². The minimum absolute atomic E-state index is 0.0216. The monoisotopic (exact) mass is 420 g/mol. The number of hydrogen-bond donors (Lipinski definition) is 1. The fourth-order valence-electron chi connectivity index (χ4n) is 3.31. The van der Waals surface area contributed by atoms with Crippen LogP contribution in [0.3, 0.4) is 0 Å². The van der Waals surface area contributed by atoms with Gasteiger partial charge in [-0.05, 0) is 31.0 Å². The highest BCUT2D eigenvalue weighted by Crippen LogP contribution is 2.24. The molecule has 1 atom stereocenters. The van der Waals surface area contributed by atoms with Crippen LogP contribution in [0.2, 0.25) is 0 Å². The normalized spacial score (nSPS) is 16.0. The van der Waals surface area contributed by atoms with E-state index >= 15 is 0 Å². The largest absolute Gasteiger partial charge is 0.441 e. The molecule has 2 heterocycles. The van der Waals surface area contributed by atoms with Crippen LogP contribution in [0.4, 0.5) is 4.79 Å². The topological polar surface area (TPSA) is 89.3 Å². The van der Waals surface area contributed by atoms with Crippen molar-refractivity contribution in [3.63, 3.8) is 0 Å². The number of ketones is 1. The van der Waals surface area contributed by atoms with Crippen molar-refractivity contribution in [2.24, 2.45) is 0 Å². The number of nitrogens with one attached hydrogen (secondary N) is 1. The van der Waals surface area contributed by atoms with Crippen LogP contribution in [-0.2, 0) is 17.6 Å². The summed E-state index contributed by atoms with van der Waals surface area (Å²) in [5, 5.41) is 1.56. The van der Waals surface area contributed by atoms with Gasteiger partial charge in [0, 0.05) is 24.0 Å². The molecule has 30 heavy (non-hydrogen) atoms. The van der Waals surface area contributed by atoms with Crippen LogP contribution in [0.25, 0.3) is 11.5 Å². The lowest BCUT2D eigenvalue weighted by Gasteiger charge is -2.06. The number of Topliss-reactive ketones (excluding diaryl/α,β-unsaturated/α-hetero) is 1. The Morgan fingerprint density at radius 3 is 2.50 bits per heavy atom. The highest BCUT2D eigenvalue weighted by Gasteiger charge is 2.31. The van der Waals surface area contributed by atoms with Crippen molar-refractivity contribution in [3.8, 4) is 11.5 Å². The molecular weight excluding hydrogens is 400 g/mol. The van der Waals surface area contributed by atoms with Crippen molar-refractivity contribution < 1.29 is 18.8 Å². The number of imide groups is 1. The molecule has 3 aromatic rings. The van der Waals surface area contributed by atoms with Crippen molar-refractivity contribution >= 4 is 28.7 Å². The maximum absolute atomic E-state index is 12.6. The molecule has 1 aliphatic rings. The number of aryl methyl sites for hydroxylation is 2. The van der Waals surface area contributed by atoms with Gasteiger partial charge in [-0.3, -0.25) is 19.7 Å². The number of benzene rings is 2. The van der Waals surface area contributed by atoms with E-state index in [4.69, 9.17) is 4.42 Å². The number of amides is 2. The zero-order valence-corrected chi connectivity index (χ0v) is 17.2. The van der Waals surface area contributed by atoms with E-state index in [2.05, 4.69) is 10.3 Å². The van der Waals surface area contributed by atoms with E-state index in [1.807, 2.05) is 49.4 Å². The number of carbonyl (C=O) groups is 3. The zero-order valence-electron chi connectivity index (χ0n) is 16.4. The Bertz CT molecular complexity index is 1090. The molecule has 6 nitrogen and oxygen atoms in total. The van der Waals surface area contributed by atoms with Crippen LogP contribution < -0.4 is 5.32 Å². The molecule has 0 bridgehead atoms. The number of hydrogen-bond acceptors (Lipinski definition) is 6. The molecule has 152 valence electrons. The smallest absolute Gasteiger partial charge is 0.286 e. The minimum Gasteiger partial charge on any atom is -0.441 e. The third-order valence-electron chi connectivity index (χ3n) is 4.97. The van der Waals surface area contributed by atoms with Crippen LogP contribution in [0.15, 0.2) is 59.0 Å². The molecule has 1 N–H and O–H groups in total. The van der Waals surface area contributed by atoms with Gasteiger partial charge in [0.05, 0.1) is 10.9 Å². The van der Waals surface area contributed by atoms with Crippen molar-refractivity contribution in [3.05, 3.63) is 77.2 Å². The molecule has 4 rings (SSSR count). The summed E-state index contributed by atoms with van der Waals surface area (Å²) >= 11 is 1.00. The first-order valence-electron chi connectivity index (χ1n) is 9.65. The Kier molecular flexibility index (Phi) is 5.81. The van der Waals surface area contributed by atoms with Crippen molar-refractivity contribution in [2.45, 2.75) is 31.4 Å². The van der Waals surface area contributed by atoms with Crippen LogP contribution >= 0.6 is 11.8 Å². The van der Waals surface area contributed by atoms with Gasteiger partial charge in [0.1, 0.15) is 5.76 Å². The first-order chi connectivity index (χ1) is 14.5. The number of nitrogens with zero attached hydrogens (tertiary/aromatic N) is 1. The summed E-state index contributed by atoms with van der Waals surface area (Å²) in [6.07, 6.45) is 1.29. The molecule has 7 heteroatoms. The Balaban J connectivity index is 1.36. The Morgan fingerprint density at radius 1 is 1.10 bits per heavy atom. The fourth-order valence-corrected chi connectivity index (χ4v) is 4.17. The SMILES string of the molecule is Cc1oc(-c2ccccc2)nc1CCC(=O)c1ccc(C[C@@H]2SC(=O)NC2=O)cc1. The van der Waals surface area contributed by atoms with Crippen LogP contribution in [0.1, 0.15) is 33.8 Å². The Morgan fingerprint density at radius 2 is 1.83 bits per heavy atom. The van der Waals surface area contributed by atoms with Gasteiger partial charge in [-0.2, -0.15) is 0 Å². The van der Waals surface area contributed by atoms with E-state index in [-0.39, 0.29) is 16.9 Å². The van der Waals surface area contributed by atoms with E-state index in [0.29, 0.717) is 30.7 Å². The average Bonchev–Trinajstić information content (AvgIpc) is 3.28. The molecule has 1 aliphatic heterocycles. The van der Waals surface area contributed by atoms with E-state index in [9.17, 15) is 14.4 Å². The molecule has 0 spiro atoms. The highest BCUT2D eigenvalue weighted by atomic mass is 32.2. The third-order valence-corrected chi connectivity index (χ3v) is 5.95. The summed E-state index contributed by atoms with van der Waals surface area (Å²) in [5.74, 6) is 1.04. The van der Waals surface area contributed by atoms with Crippen molar-refractivity contribution in [2.75, 3.05) is 0 Å². The Hall–Kier alpha value is -3.19. The van der Waals surface area contributed by atoms with Crippen LogP contribution in [-0.4, -0.2) is 27.2 Å². The second-order valence-corrected chi connectivity index (χ2v) is 8.27. The second-order valence-electron chi connectivity index (χ2n) is 7.10. The molecule has 1 saturated heterocycles. The number of carbonyl (C=O) groups excluding carboxylic acids is 3. The number of thioether (sulfide) groups is 1.